The van der Waals surface area contributed by atoms with Gasteiger partial charge < -0.3 is 0 Å². The van der Waals surface area contributed by atoms with Gasteiger partial charge in [0.25, 0.3) is 0 Å². The van der Waals surface area contributed by atoms with E-state index < -0.39 is 0 Å². The van der Waals surface area contributed by atoms with Crippen molar-refractivity contribution in [1.82, 2.24) is 15.0 Å². The van der Waals surface area contributed by atoms with Crippen LogP contribution in [-0.4, -0.2) is 15.0 Å². The van der Waals surface area contributed by atoms with Crippen LogP contribution in [0.1, 0.15) is 16.3 Å². The summed E-state index contributed by atoms with van der Waals surface area (Å²) in [7, 11) is 0. The van der Waals surface area contributed by atoms with Crippen LogP contribution < -0.4 is 0 Å². The Morgan fingerprint density at radius 2 is 1.84 bits per heavy atom. The Morgan fingerprint density at radius 1 is 1.05 bits per heavy atom. The second-order valence-electron chi connectivity index (χ2n) is 4.46. The molecule has 0 aliphatic rings. The highest BCUT2D eigenvalue weighted by Gasteiger charge is 2.14. The molecule has 2 heterocycles. The van der Waals surface area contributed by atoms with Gasteiger partial charge in [-0.2, -0.15) is 0 Å². The first kappa shape index (κ1) is 12.5. The Balaban J connectivity index is 2.32. The predicted octanol–water partition coefficient (Wildman–Crippen LogP) is 4.33. The van der Waals surface area contributed by atoms with E-state index in [1.54, 1.807) is 11.3 Å². The van der Waals surface area contributed by atoms with E-state index in [4.69, 9.17) is 11.6 Å². The number of para-hydroxylation sites is 1. The third kappa shape index (κ3) is 2.11. The number of benzene rings is 1. The van der Waals surface area contributed by atoms with Gasteiger partial charge in [0.05, 0.1) is 21.1 Å². The molecule has 1 aromatic carbocycles. The van der Waals surface area contributed by atoms with Crippen LogP contribution in [0.2, 0.25) is 5.15 Å². The number of halogens is 1. The molecule has 0 amide bonds. The molecule has 0 aliphatic carbocycles. The molecular weight excluding hydrogens is 278 g/mol. The summed E-state index contributed by atoms with van der Waals surface area (Å²) in [5, 5.41) is 2.40. The van der Waals surface area contributed by atoms with Gasteiger partial charge in [0.2, 0.25) is 0 Å². The van der Waals surface area contributed by atoms with Crippen molar-refractivity contribution in [3.8, 4) is 10.7 Å². The van der Waals surface area contributed by atoms with Gasteiger partial charge in [0.15, 0.2) is 5.82 Å². The minimum Gasteiger partial charge on any atom is -0.246 e. The van der Waals surface area contributed by atoms with Crippen LogP contribution in [0.3, 0.4) is 0 Å². The molecule has 0 spiro atoms. The first-order valence-electron chi connectivity index (χ1n) is 5.93. The maximum absolute atomic E-state index is 6.28. The molecule has 5 heteroatoms. The molecule has 0 radical (unpaired) electrons. The second-order valence-corrected chi connectivity index (χ2v) is 6.02. The van der Waals surface area contributed by atoms with Crippen molar-refractivity contribution in [2.45, 2.75) is 20.8 Å². The largest absolute Gasteiger partial charge is 0.246 e. The zero-order valence-corrected chi connectivity index (χ0v) is 12.4. The summed E-state index contributed by atoms with van der Waals surface area (Å²) in [4.78, 5) is 14.5. The number of hydrogen-bond acceptors (Lipinski definition) is 4. The predicted molar refractivity (Wildman–Crippen MR) is 79.9 cm³/mol. The minimum atomic E-state index is 0.495. The molecule has 19 heavy (non-hydrogen) atoms. The topological polar surface area (TPSA) is 38.7 Å². The number of aryl methyl sites for hydroxylation is 3. The molecular formula is C14H12ClN3S. The van der Waals surface area contributed by atoms with Gasteiger partial charge in [0.1, 0.15) is 5.15 Å². The quantitative estimate of drug-likeness (QED) is 0.626. The lowest BCUT2D eigenvalue weighted by molar-refractivity contribution is 1.17. The Morgan fingerprint density at radius 3 is 2.53 bits per heavy atom. The maximum Gasteiger partial charge on any atom is 0.173 e. The highest BCUT2D eigenvalue weighted by Crippen LogP contribution is 2.31. The molecule has 0 N–H and O–H groups in total. The van der Waals surface area contributed by atoms with Gasteiger partial charge in [0, 0.05) is 5.39 Å². The molecule has 96 valence electrons. The third-order valence-corrected chi connectivity index (χ3v) is 4.35. The monoisotopic (exact) mass is 289 g/mol. The summed E-state index contributed by atoms with van der Waals surface area (Å²) in [6, 6.07) is 5.94. The van der Waals surface area contributed by atoms with Crippen molar-refractivity contribution in [2.75, 3.05) is 0 Å². The van der Waals surface area contributed by atoms with E-state index in [1.807, 2.05) is 39.0 Å². The summed E-state index contributed by atoms with van der Waals surface area (Å²) in [6.45, 7) is 5.98. The minimum absolute atomic E-state index is 0.495. The fourth-order valence-electron chi connectivity index (χ4n) is 2.10. The normalized spacial score (nSPS) is 11.2. The van der Waals surface area contributed by atoms with Gasteiger partial charge in [-0.3, -0.25) is 0 Å². The van der Waals surface area contributed by atoms with E-state index in [9.17, 15) is 0 Å². The Labute approximate surface area is 120 Å². The molecule has 3 rings (SSSR count). The van der Waals surface area contributed by atoms with Crippen molar-refractivity contribution in [1.29, 1.82) is 0 Å². The van der Waals surface area contributed by atoms with E-state index in [0.717, 1.165) is 32.0 Å². The van der Waals surface area contributed by atoms with E-state index in [-0.39, 0.29) is 0 Å². The van der Waals surface area contributed by atoms with Crippen LogP contribution in [0.4, 0.5) is 0 Å². The van der Waals surface area contributed by atoms with Crippen molar-refractivity contribution in [3.63, 3.8) is 0 Å². The lowest BCUT2D eigenvalue weighted by Gasteiger charge is -2.05. The van der Waals surface area contributed by atoms with Crippen LogP contribution in [-0.2, 0) is 0 Å². The first-order valence-corrected chi connectivity index (χ1v) is 7.13. The van der Waals surface area contributed by atoms with E-state index in [1.165, 1.54) is 0 Å². The van der Waals surface area contributed by atoms with Crippen LogP contribution in [0, 0.1) is 20.8 Å². The molecule has 0 aliphatic heterocycles. The summed E-state index contributed by atoms with van der Waals surface area (Å²) in [5.41, 5.74) is 2.95. The number of fused-ring (bicyclic) bond motifs is 1. The molecule has 3 nitrogen and oxygen atoms in total. The zero-order chi connectivity index (χ0) is 13.6. The standard InChI is InChI=1S/C14H12ClN3S/c1-7-5-4-6-10-11(7)17-14(18-13(10)15)12-8(2)16-9(3)19-12/h4-6H,1-3H3. The van der Waals surface area contributed by atoms with Crippen LogP contribution in [0.15, 0.2) is 18.2 Å². The van der Waals surface area contributed by atoms with Gasteiger partial charge in [-0.15, -0.1) is 11.3 Å². The third-order valence-electron chi connectivity index (χ3n) is 2.99. The Kier molecular flexibility index (Phi) is 2.99. The molecule has 0 fully saturated rings. The fraction of sp³-hybridized carbons (Fsp3) is 0.214. The van der Waals surface area contributed by atoms with Gasteiger partial charge in [-0.1, -0.05) is 23.7 Å². The Hall–Kier alpha value is -1.52. The van der Waals surface area contributed by atoms with Crippen molar-refractivity contribution in [2.24, 2.45) is 0 Å². The number of hydrogen-bond donors (Lipinski definition) is 0. The van der Waals surface area contributed by atoms with Crippen LogP contribution in [0.5, 0.6) is 0 Å². The first-order chi connectivity index (χ1) is 9.06. The average molecular weight is 290 g/mol. The summed E-state index contributed by atoms with van der Waals surface area (Å²) < 4.78 is 0. The molecule has 0 atom stereocenters. The van der Waals surface area contributed by atoms with Gasteiger partial charge >= 0.3 is 0 Å². The molecule has 0 unspecified atom stereocenters. The van der Waals surface area contributed by atoms with Crippen molar-refractivity contribution >= 4 is 33.8 Å². The smallest absolute Gasteiger partial charge is 0.173 e. The maximum atomic E-state index is 6.28. The molecule has 3 aromatic rings. The SMILES string of the molecule is Cc1nc(C)c(-c2nc(Cl)c3cccc(C)c3n2)s1. The number of nitrogens with zero attached hydrogens (tertiary/aromatic N) is 3. The second kappa shape index (κ2) is 4.54. The summed E-state index contributed by atoms with van der Waals surface area (Å²) in [6.07, 6.45) is 0. The fourth-order valence-corrected chi connectivity index (χ4v) is 3.18. The van der Waals surface area contributed by atoms with Crippen LogP contribution >= 0.6 is 22.9 Å². The van der Waals surface area contributed by atoms with E-state index in [0.29, 0.717) is 11.0 Å². The lowest BCUT2D eigenvalue weighted by Crippen LogP contribution is -1.93. The average Bonchev–Trinajstić information content (AvgIpc) is 2.70. The Bertz CT molecular complexity index is 780. The molecule has 0 saturated carbocycles. The van der Waals surface area contributed by atoms with Crippen LogP contribution in [0.25, 0.3) is 21.6 Å². The van der Waals surface area contributed by atoms with E-state index >= 15 is 0 Å². The highest BCUT2D eigenvalue weighted by molar-refractivity contribution is 7.15. The molecule has 0 saturated heterocycles. The van der Waals surface area contributed by atoms with Gasteiger partial charge in [-0.05, 0) is 32.4 Å². The summed E-state index contributed by atoms with van der Waals surface area (Å²) in [5.74, 6) is 0.662. The number of thiazole rings is 1. The highest BCUT2D eigenvalue weighted by atomic mass is 35.5. The van der Waals surface area contributed by atoms with Crippen molar-refractivity contribution in [3.05, 3.63) is 39.6 Å². The zero-order valence-electron chi connectivity index (χ0n) is 10.9. The summed E-state index contributed by atoms with van der Waals surface area (Å²) >= 11 is 7.87. The number of rotatable bonds is 1. The lowest BCUT2D eigenvalue weighted by atomic mass is 10.1. The van der Waals surface area contributed by atoms with E-state index in [2.05, 4.69) is 15.0 Å². The molecule has 0 bridgehead atoms. The van der Waals surface area contributed by atoms with Crippen molar-refractivity contribution < 1.29 is 0 Å². The molecule has 2 aromatic heterocycles. The number of aromatic nitrogens is 3. The van der Waals surface area contributed by atoms with Gasteiger partial charge in [-0.25, -0.2) is 15.0 Å².